The Morgan fingerprint density at radius 3 is 3.05 bits per heavy atom. The highest BCUT2D eigenvalue weighted by Crippen LogP contribution is 2.15. The quantitative estimate of drug-likeness (QED) is 0.914. The first-order chi connectivity index (χ1) is 9.11. The summed E-state index contributed by atoms with van der Waals surface area (Å²) in [6.45, 7) is 7.48. The van der Waals surface area contributed by atoms with Crippen molar-refractivity contribution in [2.45, 2.75) is 32.5 Å². The summed E-state index contributed by atoms with van der Waals surface area (Å²) in [7, 11) is 0. The van der Waals surface area contributed by atoms with Crippen molar-refractivity contribution in [2.75, 3.05) is 13.1 Å². The van der Waals surface area contributed by atoms with E-state index in [1.54, 1.807) is 0 Å². The molecule has 2 atom stereocenters. The second-order valence-corrected chi connectivity index (χ2v) is 5.87. The molecule has 1 N–H and O–H groups in total. The Kier molecular flexibility index (Phi) is 3.48. The van der Waals surface area contributed by atoms with E-state index in [1.165, 1.54) is 0 Å². The van der Waals surface area contributed by atoms with Crippen molar-refractivity contribution in [1.82, 2.24) is 19.6 Å². The van der Waals surface area contributed by atoms with E-state index in [9.17, 15) is 0 Å². The second-order valence-electron chi connectivity index (χ2n) is 5.43. The van der Waals surface area contributed by atoms with Crippen molar-refractivity contribution in [3.8, 4) is 0 Å². The van der Waals surface area contributed by atoms with Gasteiger partial charge in [-0.05, 0) is 26.0 Å². The highest BCUT2D eigenvalue weighted by atomic mass is 35.5. The minimum absolute atomic E-state index is 0.544. The maximum atomic E-state index is 5.99. The summed E-state index contributed by atoms with van der Waals surface area (Å²) in [6, 6.07) is 4.92. The molecule has 0 amide bonds. The van der Waals surface area contributed by atoms with Crippen LogP contribution < -0.4 is 5.32 Å². The molecule has 4 nitrogen and oxygen atoms in total. The molecule has 1 saturated heterocycles. The molecule has 1 fully saturated rings. The molecule has 0 radical (unpaired) electrons. The Balaban J connectivity index is 1.80. The van der Waals surface area contributed by atoms with Gasteiger partial charge in [0.1, 0.15) is 5.65 Å². The van der Waals surface area contributed by atoms with Crippen LogP contribution >= 0.6 is 11.6 Å². The van der Waals surface area contributed by atoms with Crippen molar-refractivity contribution in [3.05, 3.63) is 35.2 Å². The maximum Gasteiger partial charge on any atom is 0.137 e. The van der Waals surface area contributed by atoms with Crippen LogP contribution in [0.5, 0.6) is 0 Å². The third-order valence-corrected chi connectivity index (χ3v) is 3.95. The van der Waals surface area contributed by atoms with Crippen LogP contribution in [0, 0.1) is 0 Å². The fourth-order valence-corrected chi connectivity index (χ4v) is 2.79. The SMILES string of the molecule is CC1CN(Cc2cn3cc(Cl)ccc3n2)C(C)CN1. The zero-order valence-corrected chi connectivity index (χ0v) is 12.1. The van der Waals surface area contributed by atoms with Gasteiger partial charge in [0.15, 0.2) is 0 Å². The van der Waals surface area contributed by atoms with Crippen LogP contribution in [0.25, 0.3) is 5.65 Å². The first-order valence-electron chi connectivity index (χ1n) is 6.72. The van der Waals surface area contributed by atoms with E-state index >= 15 is 0 Å². The molecule has 0 bridgehead atoms. The number of imidazole rings is 1. The molecule has 0 aromatic carbocycles. The van der Waals surface area contributed by atoms with Crippen LogP contribution in [0.15, 0.2) is 24.5 Å². The Morgan fingerprint density at radius 1 is 1.37 bits per heavy atom. The number of rotatable bonds is 2. The second kappa shape index (κ2) is 5.12. The van der Waals surface area contributed by atoms with Gasteiger partial charge in [0.2, 0.25) is 0 Å². The molecule has 2 aromatic rings. The van der Waals surface area contributed by atoms with Crippen LogP contribution in [-0.4, -0.2) is 39.5 Å². The molecule has 5 heteroatoms. The number of halogens is 1. The zero-order chi connectivity index (χ0) is 13.4. The Labute approximate surface area is 118 Å². The van der Waals surface area contributed by atoms with Crippen LogP contribution in [0.2, 0.25) is 5.02 Å². The molecular formula is C14H19ClN4. The zero-order valence-electron chi connectivity index (χ0n) is 11.3. The van der Waals surface area contributed by atoms with Gasteiger partial charge in [-0.15, -0.1) is 0 Å². The molecule has 1 aliphatic rings. The number of aromatic nitrogens is 2. The largest absolute Gasteiger partial charge is 0.311 e. The van der Waals surface area contributed by atoms with E-state index < -0.39 is 0 Å². The van der Waals surface area contributed by atoms with E-state index in [0.29, 0.717) is 12.1 Å². The molecule has 19 heavy (non-hydrogen) atoms. The average Bonchev–Trinajstić information content (AvgIpc) is 2.75. The lowest BCUT2D eigenvalue weighted by molar-refractivity contribution is 0.137. The third-order valence-electron chi connectivity index (χ3n) is 3.72. The number of nitrogens with zero attached hydrogens (tertiary/aromatic N) is 3. The summed E-state index contributed by atoms with van der Waals surface area (Å²) in [5.41, 5.74) is 2.05. The molecule has 3 heterocycles. The van der Waals surface area contributed by atoms with E-state index in [0.717, 1.165) is 36.0 Å². The molecule has 2 unspecified atom stereocenters. The van der Waals surface area contributed by atoms with E-state index in [-0.39, 0.29) is 0 Å². The lowest BCUT2D eigenvalue weighted by Gasteiger charge is -2.37. The van der Waals surface area contributed by atoms with Crippen LogP contribution in [0.4, 0.5) is 0 Å². The summed E-state index contributed by atoms with van der Waals surface area (Å²) in [5, 5.41) is 4.23. The van der Waals surface area contributed by atoms with Gasteiger partial charge in [-0.25, -0.2) is 4.98 Å². The summed E-state index contributed by atoms with van der Waals surface area (Å²) >= 11 is 5.99. The molecule has 102 valence electrons. The molecular weight excluding hydrogens is 260 g/mol. The van der Waals surface area contributed by atoms with Gasteiger partial charge in [0.25, 0.3) is 0 Å². The summed E-state index contributed by atoms with van der Waals surface area (Å²) in [6.07, 6.45) is 3.97. The number of hydrogen-bond acceptors (Lipinski definition) is 3. The molecule has 0 spiro atoms. The fourth-order valence-electron chi connectivity index (χ4n) is 2.62. The van der Waals surface area contributed by atoms with Gasteiger partial charge in [-0.3, -0.25) is 4.90 Å². The van der Waals surface area contributed by atoms with Crippen molar-refractivity contribution in [3.63, 3.8) is 0 Å². The topological polar surface area (TPSA) is 32.6 Å². The highest BCUT2D eigenvalue weighted by Gasteiger charge is 2.22. The number of pyridine rings is 1. The number of piperazine rings is 1. The fraction of sp³-hybridized carbons (Fsp3) is 0.500. The van der Waals surface area contributed by atoms with Gasteiger partial charge < -0.3 is 9.72 Å². The van der Waals surface area contributed by atoms with Crippen LogP contribution in [0.1, 0.15) is 19.5 Å². The Hall–Kier alpha value is -1.10. The predicted octanol–water partition coefficient (Wildman–Crippen LogP) is 2.17. The van der Waals surface area contributed by atoms with E-state index in [2.05, 4.69) is 35.2 Å². The van der Waals surface area contributed by atoms with Crippen molar-refractivity contribution < 1.29 is 0 Å². The minimum Gasteiger partial charge on any atom is -0.311 e. The Bertz CT molecular complexity index is 580. The normalized spacial score (nSPS) is 25.0. The minimum atomic E-state index is 0.544. The number of hydrogen-bond donors (Lipinski definition) is 1. The molecule has 0 aliphatic carbocycles. The molecule has 1 aliphatic heterocycles. The smallest absolute Gasteiger partial charge is 0.137 e. The van der Waals surface area contributed by atoms with E-state index in [1.807, 2.05) is 22.7 Å². The van der Waals surface area contributed by atoms with Gasteiger partial charge in [-0.2, -0.15) is 0 Å². The van der Waals surface area contributed by atoms with Crippen molar-refractivity contribution in [1.29, 1.82) is 0 Å². The van der Waals surface area contributed by atoms with Crippen LogP contribution in [-0.2, 0) is 6.54 Å². The first-order valence-corrected chi connectivity index (χ1v) is 7.10. The lowest BCUT2D eigenvalue weighted by atomic mass is 10.1. The number of fused-ring (bicyclic) bond motifs is 1. The standard InChI is InChI=1S/C14H19ClN4/c1-10-6-18(11(2)5-16-10)8-13-9-19-7-12(15)3-4-14(19)17-13/h3-4,7,9-11,16H,5-6,8H2,1-2H3. The molecule has 2 aromatic heterocycles. The van der Waals surface area contributed by atoms with E-state index in [4.69, 9.17) is 11.6 Å². The van der Waals surface area contributed by atoms with Crippen molar-refractivity contribution in [2.24, 2.45) is 0 Å². The van der Waals surface area contributed by atoms with Gasteiger partial charge >= 0.3 is 0 Å². The monoisotopic (exact) mass is 278 g/mol. The van der Waals surface area contributed by atoms with Gasteiger partial charge in [0.05, 0.1) is 10.7 Å². The highest BCUT2D eigenvalue weighted by molar-refractivity contribution is 6.30. The van der Waals surface area contributed by atoms with Crippen LogP contribution in [0.3, 0.4) is 0 Å². The van der Waals surface area contributed by atoms with Gasteiger partial charge in [-0.1, -0.05) is 11.6 Å². The van der Waals surface area contributed by atoms with Crippen molar-refractivity contribution >= 4 is 17.2 Å². The lowest BCUT2D eigenvalue weighted by Crippen LogP contribution is -2.53. The van der Waals surface area contributed by atoms with Gasteiger partial charge in [0, 0.05) is 44.1 Å². The summed E-state index contributed by atoms with van der Waals surface area (Å²) in [5.74, 6) is 0. The average molecular weight is 279 g/mol. The molecule has 0 saturated carbocycles. The summed E-state index contributed by atoms with van der Waals surface area (Å²) in [4.78, 5) is 7.13. The maximum absolute atomic E-state index is 5.99. The predicted molar refractivity (Wildman–Crippen MR) is 77.5 cm³/mol. The third kappa shape index (κ3) is 2.76. The Morgan fingerprint density at radius 2 is 2.21 bits per heavy atom. The first kappa shape index (κ1) is 12.9. The number of nitrogens with one attached hydrogen (secondary N) is 1. The summed E-state index contributed by atoms with van der Waals surface area (Å²) < 4.78 is 1.99. The molecule has 3 rings (SSSR count).